The number of benzene rings is 1. The predicted octanol–water partition coefficient (Wildman–Crippen LogP) is 1.99. The largest absolute Gasteiger partial charge is 0.368 e. The number of hydrogen-bond acceptors (Lipinski definition) is 3. The number of anilines is 1. The third-order valence-electron chi connectivity index (χ3n) is 4.18. The minimum Gasteiger partial charge on any atom is -0.368 e. The van der Waals surface area contributed by atoms with Gasteiger partial charge in [-0.1, -0.05) is 0 Å². The van der Waals surface area contributed by atoms with Crippen molar-refractivity contribution >= 4 is 34.0 Å². The van der Waals surface area contributed by atoms with Crippen LogP contribution >= 0.6 is 0 Å². The maximum atomic E-state index is 10.8. The zero-order valence-electron chi connectivity index (χ0n) is 11.6. The van der Waals surface area contributed by atoms with Gasteiger partial charge in [0, 0.05) is 54.4 Å². The molecule has 0 atom stereocenters. The lowest BCUT2D eigenvalue weighted by Crippen LogP contribution is -2.45. The van der Waals surface area contributed by atoms with Crippen molar-refractivity contribution in [3.63, 3.8) is 0 Å². The molecular weight excluding hydrogens is 264 g/mol. The van der Waals surface area contributed by atoms with Gasteiger partial charge >= 0.3 is 0 Å². The number of pyridine rings is 1. The van der Waals surface area contributed by atoms with Crippen LogP contribution in [0, 0.1) is 0 Å². The first-order chi connectivity index (χ1) is 10.3. The van der Waals surface area contributed by atoms with E-state index in [0.29, 0.717) is 0 Å². The molecule has 1 amide bonds. The lowest BCUT2D eigenvalue weighted by molar-refractivity contribution is -0.118. The molecule has 106 valence electrons. The molecule has 0 aliphatic carbocycles. The number of aromatic amines is 1. The molecule has 5 heteroatoms. The first kappa shape index (κ1) is 12.2. The summed E-state index contributed by atoms with van der Waals surface area (Å²) in [5.74, 6) is 0. The number of carbonyl (C=O) groups excluding carboxylic acids is 1. The second-order valence-corrected chi connectivity index (χ2v) is 5.38. The second kappa shape index (κ2) is 4.77. The lowest BCUT2D eigenvalue weighted by atomic mass is 10.1. The van der Waals surface area contributed by atoms with Crippen molar-refractivity contribution < 1.29 is 4.79 Å². The molecule has 0 bridgehead atoms. The summed E-state index contributed by atoms with van der Waals surface area (Å²) in [6, 6.07) is 10.5. The Morgan fingerprint density at radius 3 is 2.76 bits per heavy atom. The smallest absolute Gasteiger partial charge is 0.209 e. The highest BCUT2D eigenvalue weighted by atomic mass is 16.1. The molecule has 0 saturated carbocycles. The highest BCUT2D eigenvalue weighted by molar-refractivity contribution is 6.06. The summed E-state index contributed by atoms with van der Waals surface area (Å²) in [6.07, 6.45) is 2.74. The van der Waals surface area contributed by atoms with Gasteiger partial charge in [0.2, 0.25) is 6.41 Å². The quantitative estimate of drug-likeness (QED) is 0.730. The topological polar surface area (TPSA) is 52.2 Å². The van der Waals surface area contributed by atoms with Crippen molar-refractivity contribution in [1.29, 1.82) is 0 Å². The van der Waals surface area contributed by atoms with Crippen LogP contribution in [-0.2, 0) is 4.79 Å². The Balaban J connectivity index is 1.73. The van der Waals surface area contributed by atoms with Gasteiger partial charge in [0.25, 0.3) is 0 Å². The highest BCUT2D eigenvalue weighted by Crippen LogP contribution is 2.28. The fraction of sp³-hybridized carbons (Fsp3) is 0.250. The normalized spacial score (nSPS) is 15.8. The fourth-order valence-electron chi connectivity index (χ4n) is 3.00. The minimum atomic E-state index is 0.789. The maximum absolute atomic E-state index is 10.8. The molecule has 21 heavy (non-hydrogen) atoms. The number of carbonyl (C=O) groups is 1. The zero-order valence-corrected chi connectivity index (χ0v) is 11.6. The molecule has 1 fully saturated rings. The van der Waals surface area contributed by atoms with Crippen molar-refractivity contribution in [3.8, 4) is 0 Å². The number of amides is 1. The van der Waals surface area contributed by atoms with Gasteiger partial charge in [-0.25, -0.2) is 4.98 Å². The molecule has 5 nitrogen and oxygen atoms in total. The Bertz CT molecular complexity index is 802. The average molecular weight is 280 g/mol. The van der Waals surface area contributed by atoms with E-state index in [2.05, 4.69) is 39.1 Å². The van der Waals surface area contributed by atoms with E-state index in [0.717, 1.165) is 49.1 Å². The number of hydrogen-bond donors (Lipinski definition) is 1. The standard InChI is InChI=1S/C16H16N4O/c21-11-19-6-8-20(9-7-19)12-3-4-15-14(10-12)13-2-1-5-17-16(13)18-15/h1-5,10-11H,6-9H2,(H,17,18). The summed E-state index contributed by atoms with van der Waals surface area (Å²) < 4.78 is 0. The summed E-state index contributed by atoms with van der Waals surface area (Å²) >= 11 is 0. The molecular formula is C16H16N4O. The Kier molecular flexibility index (Phi) is 2.77. The van der Waals surface area contributed by atoms with E-state index < -0.39 is 0 Å². The van der Waals surface area contributed by atoms with Crippen LogP contribution in [0.15, 0.2) is 36.5 Å². The van der Waals surface area contributed by atoms with Crippen LogP contribution in [0.25, 0.3) is 21.9 Å². The average Bonchev–Trinajstić information content (AvgIpc) is 2.93. The number of fused-ring (bicyclic) bond motifs is 3. The van der Waals surface area contributed by atoms with Crippen molar-refractivity contribution in [2.45, 2.75) is 0 Å². The van der Waals surface area contributed by atoms with Crippen LogP contribution in [-0.4, -0.2) is 47.5 Å². The number of rotatable bonds is 2. The summed E-state index contributed by atoms with van der Waals surface area (Å²) in [7, 11) is 0. The van der Waals surface area contributed by atoms with Gasteiger partial charge in [0.05, 0.1) is 0 Å². The Labute approximate surface area is 122 Å². The Hall–Kier alpha value is -2.56. The van der Waals surface area contributed by atoms with Crippen molar-refractivity contribution in [2.24, 2.45) is 0 Å². The number of H-pyrrole nitrogens is 1. The van der Waals surface area contributed by atoms with Gasteiger partial charge in [0.1, 0.15) is 5.65 Å². The molecule has 1 aromatic carbocycles. The molecule has 1 aliphatic rings. The molecule has 0 spiro atoms. The molecule has 1 saturated heterocycles. The van der Waals surface area contributed by atoms with Crippen LogP contribution in [0.2, 0.25) is 0 Å². The van der Waals surface area contributed by atoms with E-state index >= 15 is 0 Å². The van der Waals surface area contributed by atoms with E-state index in [1.807, 2.05) is 11.0 Å². The van der Waals surface area contributed by atoms with Crippen LogP contribution in [0.5, 0.6) is 0 Å². The molecule has 0 radical (unpaired) electrons. The number of piperazine rings is 1. The second-order valence-electron chi connectivity index (χ2n) is 5.38. The van der Waals surface area contributed by atoms with Crippen molar-refractivity contribution in [1.82, 2.24) is 14.9 Å². The monoisotopic (exact) mass is 280 g/mol. The van der Waals surface area contributed by atoms with Gasteiger partial charge in [-0.05, 0) is 30.3 Å². The van der Waals surface area contributed by atoms with Crippen LogP contribution in [0.4, 0.5) is 5.69 Å². The third kappa shape index (κ3) is 2.01. The van der Waals surface area contributed by atoms with Gasteiger partial charge in [-0.2, -0.15) is 0 Å². The van der Waals surface area contributed by atoms with Crippen molar-refractivity contribution in [2.75, 3.05) is 31.1 Å². The van der Waals surface area contributed by atoms with E-state index in [9.17, 15) is 4.79 Å². The SMILES string of the molecule is O=CN1CCN(c2ccc3[nH]c4ncccc4c3c2)CC1. The van der Waals surface area contributed by atoms with E-state index in [1.54, 1.807) is 6.20 Å². The summed E-state index contributed by atoms with van der Waals surface area (Å²) in [5, 5.41) is 2.36. The number of nitrogens with one attached hydrogen (secondary N) is 1. The van der Waals surface area contributed by atoms with Crippen molar-refractivity contribution in [3.05, 3.63) is 36.5 Å². The molecule has 1 aliphatic heterocycles. The predicted molar refractivity (Wildman–Crippen MR) is 83.4 cm³/mol. The van der Waals surface area contributed by atoms with E-state index in [4.69, 9.17) is 0 Å². The first-order valence-corrected chi connectivity index (χ1v) is 7.16. The summed E-state index contributed by atoms with van der Waals surface area (Å²) in [5.41, 5.74) is 3.24. The molecule has 4 rings (SSSR count). The molecule has 0 unspecified atom stereocenters. The molecule has 3 aromatic rings. The van der Waals surface area contributed by atoms with Crippen LogP contribution in [0.3, 0.4) is 0 Å². The van der Waals surface area contributed by atoms with Gasteiger partial charge in [0.15, 0.2) is 0 Å². The van der Waals surface area contributed by atoms with Gasteiger partial charge in [-0.3, -0.25) is 4.79 Å². The van der Waals surface area contributed by atoms with Gasteiger partial charge < -0.3 is 14.8 Å². The fourth-order valence-corrected chi connectivity index (χ4v) is 3.00. The summed E-state index contributed by atoms with van der Waals surface area (Å²) in [6.45, 7) is 3.34. The zero-order chi connectivity index (χ0) is 14.2. The minimum absolute atomic E-state index is 0.789. The molecule has 1 N–H and O–H groups in total. The Morgan fingerprint density at radius 2 is 1.95 bits per heavy atom. The maximum Gasteiger partial charge on any atom is 0.209 e. The molecule has 2 aromatic heterocycles. The lowest BCUT2D eigenvalue weighted by Gasteiger charge is -2.34. The first-order valence-electron chi connectivity index (χ1n) is 7.16. The summed E-state index contributed by atoms with van der Waals surface area (Å²) in [4.78, 5) is 22.6. The molecule has 3 heterocycles. The van der Waals surface area contributed by atoms with Crippen LogP contribution < -0.4 is 4.90 Å². The van der Waals surface area contributed by atoms with E-state index in [-0.39, 0.29) is 0 Å². The third-order valence-corrected chi connectivity index (χ3v) is 4.18. The Morgan fingerprint density at radius 1 is 1.10 bits per heavy atom. The van der Waals surface area contributed by atoms with E-state index in [1.165, 1.54) is 11.1 Å². The highest BCUT2D eigenvalue weighted by Gasteiger charge is 2.16. The van der Waals surface area contributed by atoms with Gasteiger partial charge in [-0.15, -0.1) is 0 Å². The van der Waals surface area contributed by atoms with Crippen LogP contribution in [0.1, 0.15) is 0 Å². The number of aromatic nitrogens is 2. The number of nitrogens with zero attached hydrogens (tertiary/aromatic N) is 3.